The van der Waals surface area contributed by atoms with Gasteiger partial charge in [-0.05, 0) is 56.5 Å². The predicted molar refractivity (Wildman–Crippen MR) is 132 cm³/mol. The summed E-state index contributed by atoms with van der Waals surface area (Å²) in [6, 6.07) is 11.6. The number of nitrogens with one attached hydrogen (secondary N) is 1. The van der Waals surface area contributed by atoms with Crippen molar-refractivity contribution in [3.63, 3.8) is 0 Å². The van der Waals surface area contributed by atoms with Crippen molar-refractivity contribution in [2.75, 3.05) is 17.1 Å². The van der Waals surface area contributed by atoms with E-state index in [0.29, 0.717) is 6.42 Å². The van der Waals surface area contributed by atoms with Crippen LogP contribution in [0.1, 0.15) is 44.7 Å². The molecule has 9 heteroatoms. The van der Waals surface area contributed by atoms with Gasteiger partial charge in [-0.3, -0.25) is 13.9 Å². The second-order valence-electron chi connectivity index (χ2n) is 8.50. The summed E-state index contributed by atoms with van der Waals surface area (Å²) in [5.41, 5.74) is 2.05. The average molecular weight is 492 g/mol. The van der Waals surface area contributed by atoms with Gasteiger partial charge < -0.3 is 10.2 Å². The van der Waals surface area contributed by atoms with Crippen molar-refractivity contribution < 1.29 is 22.4 Å². The molecule has 0 fully saturated rings. The number of carbonyl (C=O) groups excluding carboxylic acids is 2. The first-order valence-corrected chi connectivity index (χ1v) is 13.2. The Balaban J connectivity index is 2.41. The summed E-state index contributed by atoms with van der Waals surface area (Å²) >= 11 is 0. The highest BCUT2D eigenvalue weighted by Crippen LogP contribution is 2.20. The molecule has 0 spiro atoms. The maximum absolute atomic E-state index is 13.5. The van der Waals surface area contributed by atoms with Crippen LogP contribution >= 0.6 is 0 Å². The van der Waals surface area contributed by atoms with Crippen LogP contribution in [0.5, 0.6) is 0 Å². The Hall–Kier alpha value is -2.94. The fourth-order valence-corrected chi connectivity index (χ4v) is 4.32. The standard InChI is InChI=1S/C25H34FN3O4S/c1-6-19(4)27-25(31)23(7-2)28(16-20-10-8-18(3)9-11-20)24(30)17-29(34(5,32)33)22-14-12-21(26)13-15-22/h8-15,19,23H,6-7,16-17H2,1-5H3,(H,27,31)/t19-,23-/m1/s1. The summed E-state index contributed by atoms with van der Waals surface area (Å²) in [7, 11) is -3.85. The van der Waals surface area contributed by atoms with Crippen molar-refractivity contribution in [3.05, 3.63) is 65.5 Å². The van der Waals surface area contributed by atoms with Crippen LogP contribution in [0, 0.1) is 12.7 Å². The third kappa shape index (κ3) is 7.55. The van der Waals surface area contributed by atoms with Crippen LogP contribution in [-0.4, -0.2) is 50.0 Å². The van der Waals surface area contributed by atoms with E-state index in [0.717, 1.165) is 40.2 Å². The molecule has 0 saturated heterocycles. The number of hydrogen-bond donors (Lipinski definition) is 1. The van der Waals surface area contributed by atoms with E-state index in [1.807, 2.05) is 52.0 Å². The average Bonchev–Trinajstić information content (AvgIpc) is 2.78. The molecule has 34 heavy (non-hydrogen) atoms. The highest BCUT2D eigenvalue weighted by Gasteiger charge is 2.32. The predicted octanol–water partition coefficient (Wildman–Crippen LogP) is 3.62. The van der Waals surface area contributed by atoms with Gasteiger partial charge in [0.1, 0.15) is 18.4 Å². The highest BCUT2D eigenvalue weighted by atomic mass is 32.2. The maximum Gasteiger partial charge on any atom is 0.244 e. The number of rotatable bonds is 11. The van der Waals surface area contributed by atoms with Crippen LogP contribution < -0.4 is 9.62 Å². The number of carbonyl (C=O) groups is 2. The van der Waals surface area contributed by atoms with Crippen molar-refractivity contribution in [2.24, 2.45) is 0 Å². The number of sulfonamides is 1. The summed E-state index contributed by atoms with van der Waals surface area (Å²) in [5, 5.41) is 2.93. The van der Waals surface area contributed by atoms with Gasteiger partial charge in [0.25, 0.3) is 0 Å². The quantitative estimate of drug-likeness (QED) is 0.520. The fourth-order valence-electron chi connectivity index (χ4n) is 3.47. The Bertz CT molecular complexity index is 1070. The summed E-state index contributed by atoms with van der Waals surface area (Å²) in [6.07, 6.45) is 2.08. The first-order valence-electron chi connectivity index (χ1n) is 11.3. The molecule has 0 heterocycles. The van der Waals surface area contributed by atoms with E-state index < -0.39 is 34.3 Å². The van der Waals surface area contributed by atoms with Crippen molar-refractivity contribution >= 4 is 27.5 Å². The third-order valence-corrected chi connectivity index (χ3v) is 6.79. The summed E-state index contributed by atoms with van der Waals surface area (Å²) in [4.78, 5) is 28.0. The minimum Gasteiger partial charge on any atom is -0.352 e. The Morgan fingerprint density at radius 2 is 1.59 bits per heavy atom. The maximum atomic E-state index is 13.5. The van der Waals surface area contributed by atoms with Crippen molar-refractivity contribution in [2.45, 2.75) is 59.2 Å². The molecular formula is C25H34FN3O4S. The Morgan fingerprint density at radius 1 is 1.00 bits per heavy atom. The van der Waals surface area contributed by atoms with Gasteiger partial charge in [-0.1, -0.05) is 43.7 Å². The monoisotopic (exact) mass is 491 g/mol. The minimum atomic E-state index is -3.85. The lowest BCUT2D eigenvalue weighted by atomic mass is 10.1. The Morgan fingerprint density at radius 3 is 2.09 bits per heavy atom. The number of benzene rings is 2. The summed E-state index contributed by atoms with van der Waals surface area (Å²) in [6.45, 7) is 7.24. The minimum absolute atomic E-state index is 0.0652. The lowest BCUT2D eigenvalue weighted by Crippen LogP contribution is -2.53. The number of hydrogen-bond acceptors (Lipinski definition) is 4. The molecule has 0 aliphatic carbocycles. The largest absolute Gasteiger partial charge is 0.352 e. The van der Waals surface area contributed by atoms with Gasteiger partial charge in [0.05, 0.1) is 11.9 Å². The molecule has 0 aliphatic rings. The number of nitrogens with zero attached hydrogens (tertiary/aromatic N) is 2. The van der Waals surface area contributed by atoms with Crippen molar-refractivity contribution in [1.82, 2.24) is 10.2 Å². The van der Waals surface area contributed by atoms with Gasteiger partial charge in [-0.2, -0.15) is 0 Å². The summed E-state index contributed by atoms with van der Waals surface area (Å²) < 4.78 is 39.3. The second-order valence-corrected chi connectivity index (χ2v) is 10.4. The lowest BCUT2D eigenvalue weighted by Gasteiger charge is -2.33. The van der Waals surface area contributed by atoms with E-state index in [1.165, 1.54) is 17.0 Å². The van der Waals surface area contributed by atoms with Gasteiger partial charge in [0.2, 0.25) is 21.8 Å². The Labute approximate surface area is 202 Å². The number of anilines is 1. The van der Waals surface area contributed by atoms with Gasteiger partial charge in [-0.15, -0.1) is 0 Å². The van der Waals surface area contributed by atoms with Crippen LogP contribution in [0.4, 0.5) is 10.1 Å². The van der Waals surface area contributed by atoms with Crippen molar-refractivity contribution in [3.8, 4) is 0 Å². The molecule has 7 nitrogen and oxygen atoms in total. The SMILES string of the molecule is CC[C@@H](C)NC(=O)[C@@H](CC)N(Cc1ccc(C)cc1)C(=O)CN(c1ccc(F)cc1)S(C)(=O)=O. The third-order valence-electron chi connectivity index (χ3n) is 5.65. The molecule has 2 atom stereocenters. The number of aryl methyl sites for hydroxylation is 1. The van der Waals surface area contributed by atoms with Crippen LogP contribution in [0.15, 0.2) is 48.5 Å². The van der Waals surface area contributed by atoms with Gasteiger partial charge in [0.15, 0.2) is 0 Å². The smallest absolute Gasteiger partial charge is 0.244 e. The lowest BCUT2D eigenvalue weighted by molar-refractivity contribution is -0.140. The van der Waals surface area contributed by atoms with E-state index >= 15 is 0 Å². The molecule has 2 aromatic carbocycles. The zero-order chi connectivity index (χ0) is 25.5. The number of halogens is 1. The Kier molecular flexibility index (Phi) is 9.61. The first-order chi connectivity index (χ1) is 16.0. The van der Waals surface area contributed by atoms with E-state index in [-0.39, 0.29) is 24.2 Å². The van der Waals surface area contributed by atoms with E-state index in [1.54, 1.807) is 0 Å². The van der Waals surface area contributed by atoms with Crippen molar-refractivity contribution in [1.29, 1.82) is 0 Å². The van der Waals surface area contributed by atoms with E-state index in [9.17, 15) is 22.4 Å². The van der Waals surface area contributed by atoms with Crippen LogP contribution in [0.25, 0.3) is 0 Å². The molecule has 186 valence electrons. The van der Waals surface area contributed by atoms with Gasteiger partial charge in [-0.25, -0.2) is 12.8 Å². The fraction of sp³-hybridized carbons (Fsp3) is 0.440. The molecule has 1 N–H and O–H groups in total. The first kappa shape index (κ1) is 27.3. The molecule has 2 aromatic rings. The molecule has 0 bridgehead atoms. The second kappa shape index (κ2) is 12.0. The zero-order valence-electron chi connectivity index (χ0n) is 20.4. The molecule has 2 rings (SSSR count). The van der Waals surface area contributed by atoms with Crippen LogP contribution in [0.2, 0.25) is 0 Å². The molecule has 0 aliphatic heterocycles. The number of amides is 2. The van der Waals surface area contributed by atoms with Crippen LogP contribution in [0.3, 0.4) is 0 Å². The van der Waals surface area contributed by atoms with Crippen LogP contribution in [-0.2, 0) is 26.2 Å². The van der Waals surface area contributed by atoms with Gasteiger partial charge >= 0.3 is 0 Å². The normalized spacial score (nSPS) is 13.1. The molecule has 0 saturated carbocycles. The topological polar surface area (TPSA) is 86.8 Å². The van der Waals surface area contributed by atoms with E-state index in [4.69, 9.17) is 0 Å². The highest BCUT2D eigenvalue weighted by molar-refractivity contribution is 7.92. The molecule has 2 amide bonds. The van der Waals surface area contributed by atoms with E-state index in [2.05, 4.69) is 5.32 Å². The zero-order valence-corrected chi connectivity index (χ0v) is 21.2. The van der Waals surface area contributed by atoms with Gasteiger partial charge in [0, 0.05) is 12.6 Å². The molecule has 0 aromatic heterocycles. The summed E-state index contributed by atoms with van der Waals surface area (Å²) in [5.74, 6) is -1.33. The molecule has 0 unspecified atom stereocenters. The molecular weight excluding hydrogens is 457 g/mol. The molecule has 0 radical (unpaired) electrons.